The van der Waals surface area contributed by atoms with E-state index in [1.54, 1.807) is 0 Å². The van der Waals surface area contributed by atoms with Crippen LogP contribution in [0.4, 0.5) is 0 Å². The van der Waals surface area contributed by atoms with E-state index in [-0.39, 0.29) is 17.9 Å². The van der Waals surface area contributed by atoms with Gasteiger partial charge < -0.3 is 10.3 Å². The normalized spacial score (nSPS) is 23.8. The smallest absolute Gasteiger partial charge is 0.229 e. The van der Waals surface area contributed by atoms with E-state index in [0.29, 0.717) is 5.92 Å². The summed E-state index contributed by atoms with van der Waals surface area (Å²) in [6, 6.07) is 0. The van der Waals surface area contributed by atoms with Crippen molar-refractivity contribution in [1.82, 2.24) is 10.1 Å². The summed E-state index contributed by atoms with van der Waals surface area (Å²) < 4.78 is 5.43. The van der Waals surface area contributed by atoms with Gasteiger partial charge in [0.1, 0.15) is 0 Å². The lowest BCUT2D eigenvalue weighted by atomic mass is 9.98. The lowest BCUT2D eigenvalue weighted by molar-refractivity contribution is 0.328. The summed E-state index contributed by atoms with van der Waals surface area (Å²) in [6.07, 6.45) is 6.66. The number of halogens is 1. The first-order chi connectivity index (χ1) is 8.28. The van der Waals surface area contributed by atoms with Gasteiger partial charge in [-0.2, -0.15) is 16.7 Å². The predicted octanol–water partition coefficient (Wildman–Crippen LogP) is 2.83. The van der Waals surface area contributed by atoms with E-state index in [2.05, 4.69) is 10.1 Å². The number of aromatic nitrogens is 2. The number of nitrogens with zero attached hydrogens (tertiary/aromatic N) is 2. The van der Waals surface area contributed by atoms with E-state index in [1.165, 1.54) is 24.3 Å². The van der Waals surface area contributed by atoms with Gasteiger partial charge in [-0.3, -0.25) is 0 Å². The van der Waals surface area contributed by atoms with Crippen molar-refractivity contribution < 1.29 is 4.52 Å². The molecular weight excluding hydrogens is 270 g/mol. The second-order valence-corrected chi connectivity index (χ2v) is 6.43. The molecular formula is C12H20ClN3OS. The molecule has 1 aliphatic carbocycles. The third kappa shape index (κ3) is 2.68. The van der Waals surface area contributed by atoms with Crippen molar-refractivity contribution >= 4 is 24.2 Å². The van der Waals surface area contributed by atoms with Crippen LogP contribution in [0, 0.1) is 0 Å². The van der Waals surface area contributed by atoms with E-state index >= 15 is 0 Å². The van der Waals surface area contributed by atoms with Crippen molar-refractivity contribution in [2.45, 2.75) is 50.0 Å². The number of rotatable bonds is 2. The standard InChI is InChI=1S/C12H19N3OS.ClH/c13-12(5-1-2-6-12)11-14-10(16-15-11)9-3-7-17-8-4-9;/h9H,1-8,13H2;1H. The predicted molar refractivity (Wildman–Crippen MR) is 75.2 cm³/mol. The van der Waals surface area contributed by atoms with Crippen molar-refractivity contribution in [2.24, 2.45) is 5.73 Å². The van der Waals surface area contributed by atoms with Crippen LogP contribution in [0.2, 0.25) is 0 Å². The van der Waals surface area contributed by atoms with Crippen LogP contribution in [0.3, 0.4) is 0 Å². The monoisotopic (exact) mass is 289 g/mol. The first-order valence-corrected chi connectivity index (χ1v) is 7.64. The Hall–Kier alpha value is -0.260. The zero-order valence-electron chi connectivity index (χ0n) is 10.4. The highest BCUT2D eigenvalue weighted by Gasteiger charge is 2.36. The summed E-state index contributed by atoms with van der Waals surface area (Å²) in [4.78, 5) is 4.58. The lowest BCUT2D eigenvalue weighted by Crippen LogP contribution is -2.34. The van der Waals surface area contributed by atoms with Gasteiger partial charge in [-0.05, 0) is 37.2 Å². The summed E-state index contributed by atoms with van der Waals surface area (Å²) in [5, 5.41) is 4.13. The van der Waals surface area contributed by atoms with Gasteiger partial charge in [0, 0.05) is 5.92 Å². The third-order valence-corrected chi connectivity index (χ3v) is 5.00. The maximum absolute atomic E-state index is 6.33. The van der Waals surface area contributed by atoms with Crippen molar-refractivity contribution in [1.29, 1.82) is 0 Å². The minimum atomic E-state index is -0.314. The van der Waals surface area contributed by atoms with Crippen LogP contribution < -0.4 is 5.73 Å². The summed E-state index contributed by atoms with van der Waals surface area (Å²) in [7, 11) is 0. The summed E-state index contributed by atoms with van der Waals surface area (Å²) >= 11 is 2.01. The molecule has 18 heavy (non-hydrogen) atoms. The molecule has 0 amide bonds. The van der Waals surface area contributed by atoms with Gasteiger partial charge in [-0.25, -0.2) is 0 Å². The number of hydrogen-bond donors (Lipinski definition) is 1. The van der Waals surface area contributed by atoms with E-state index in [9.17, 15) is 0 Å². The second kappa shape index (κ2) is 5.80. The molecule has 1 saturated carbocycles. The van der Waals surface area contributed by atoms with Crippen molar-refractivity contribution in [3.63, 3.8) is 0 Å². The molecule has 1 aliphatic heterocycles. The highest BCUT2D eigenvalue weighted by atomic mass is 35.5. The van der Waals surface area contributed by atoms with Gasteiger partial charge in [0.25, 0.3) is 0 Å². The molecule has 2 fully saturated rings. The molecule has 1 saturated heterocycles. The Morgan fingerprint density at radius 1 is 1.22 bits per heavy atom. The second-order valence-electron chi connectivity index (χ2n) is 5.21. The van der Waals surface area contributed by atoms with Crippen LogP contribution in [-0.2, 0) is 5.54 Å². The van der Waals surface area contributed by atoms with Gasteiger partial charge in [0.05, 0.1) is 5.54 Å². The van der Waals surface area contributed by atoms with E-state index in [0.717, 1.165) is 37.4 Å². The van der Waals surface area contributed by atoms with Crippen LogP contribution in [0.5, 0.6) is 0 Å². The molecule has 4 nitrogen and oxygen atoms in total. The molecule has 2 aliphatic rings. The van der Waals surface area contributed by atoms with E-state index < -0.39 is 0 Å². The zero-order valence-corrected chi connectivity index (χ0v) is 12.1. The maximum atomic E-state index is 6.33. The molecule has 102 valence electrons. The number of nitrogens with two attached hydrogens (primary N) is 1. The summed E-state index contributed by atoms with van der Waals surface area (Å²) in [6.45, 7) is 0. The minimum absolute atomic E-state index is 0. The Morgan fingerprint density at radius 3 is 2.56 bits per heavy atom. The number of hydrogen-bond acceptors (Lipinski definition) is 5. The third-order valence-electron chi connectivity index (χ3n) is 3.95. The quantitative estimate of drug-likeness (QED) is 0.907. The molecule has 2 heterocycles. The SMILES string of the molecule is Cl.NC1(c2noc(C3CCSCC3)n2)CCCC1. The van der Waals surface area contributed by atoms with Gasteiger partial charge >= 0.3 is 0 Å². The summed E-state index contributed by atoms with van der Waals surface area (Å²) in [5.41, 5.74) is 6.02. The van der Waals surface area contributed by atoms with Crippen molar-refractivity contribution in [2.75, 3.05) is 11.5 Å². The highest BCUT2D eigenvalue weighted by Crippen LogP contribution is 2.36. The molecule has 1 aromatic heterocycles. The first-order valence-electron chi connectivity index (χ1n) is 6.49. The Morgan fingerprint density at radius 2 is 1.89 bits per heavy atom. The average molecular weight is 290 g/mol. The Balaban J connectivity index is 0.00000120. The Bertz CT molecular complexity index is 386. The summed E-state index contributed by atoms with van der Waals surface area (Å²) in [5.74, 6) is 4.43. The highest BCUT2D eigenvalue weighted by molar-refractivity contribution is 7.99. The van der Waals surface area contributed by atoms with E-state index in [1.807, 2.05) is 11.8 Å². The van der Waals surface area contributed by atoms with Crippen LogP contribution in [-0.4, -0.2) is 21.6 Å². The van der Waals surface area contributed by atoms with Gasteiger partial charge in [-0.15, -0.1) is 12.4 Å². The van der Waals surface area contributed by atoms with Crippen LogP contribution in [0.1, 0.15) is 56.2 Å². The average Bonchev–Trinajstić information content (AvgIpc) is 2.99. The molecule has 0 aromatic carbocycles. The van der Waals surface area contributed by atoms with E-state index in [4.69, 9.17) is 10.3 Å². The van der Waals surface area contributed by atoms with Crippen molar-refractivity contribution in [3.05, 3.63) is 11.7 Å². The van der Waals surface area contributed by atoms with Crippen LogP contribution in [0.15, 0.2) is 4.52 Å². The molecule has 6 heteroatoms. The van der Waals surface area contributed by atoms with Crippen LogP contribution >= 0.6 is 24.2 Å². The lowest BCUT2D eigenvalue weighted by Gasteiger charge is -2.19. The van der Waals surface area contributed by atoms with Gasteiger partial charge in [0.15, 0.2) is 5.82 Å². The first kappa shape index (κ1) is 14.2. The maximum Gasteiger partial charge on any atom is 0.229 e. The van der Waals surface area contributed by atoms with Gasteiger partial charge in [0.2, 0.25) is 5.89 Å². The molecule has 0 atom stereocenters. The molecule has 3 rings (SSSR count). The fourth-order valence-corrected chi connectivity index (χ4v) is 3.88. The molecule has 0 radical (unpaired) electrons. The van der Waals surface area contributed by atoms with Gasteiger partial charge in [-0.1, -0.05) is 18.0 Å². The van der Waals surface area contributed by atoms with Crippen molar-refractivity contribution in [3.8, 4) is 0 Å². The topological polar surface area (TPSA) is 64.9 Å². The number of thioether (sulfide) groups is 1. The minimum Gasteiger partial charge on any atom is -0.339 e. The van der Waals surface area contributed by atoms with Crippen LogP contribution in [0.25, 0.3) is 0 Å². The molecule has 2 N–H and O–H groups in total. The molecule has 0 bridgehead atoms. The molecule has 0 unspecified atom stereocenters. The largest absolute Gasteiger partial charge is 0.339 e. The molecule has 1 aromatic rings. The molecule has 0 spiro atoms. The fraction of sp³-hybridized carbons (Fsp3) is 0.833. The Kier molecular flexibility index (Phi) is 4.56. The zero-order chi connectivity index (χ0) is 11.7. The Labute approximate surface area is 118 Å². The fourth-order valence-electron chi connectivity index (χ4n) is 2.78.